The van der Waals surface area contributed by atoms with Crippen LogP contribution in [0.25, 0.3) is 27.8 Å². The topological polar surface area (TPSA) is 44.3 Å². The number of methoxy groups -OCH3 is 1. The van der Waals surface area contributed by atoms with Gasteiger partial charge in [0.15, 0.2) is 5.65 Å². The number of rotatable bonds is 4. The Morgan fingerprint density at radius 1 is 1.00 bits per heavy atom. The molecule has 1 unspecified atom stereocenters. The van der Waals surface area contributed by atoms with Crippen molar-refractivity contribution in [1.82, 2.24) is 19.2 Å². The average Bonchev–Trinajstić information content (AvgIpc) is 3.18. The van der Waals surface area contributed by atoms with Crippen molar-refractivity contribution in [3.63, 3.8) is 0 Å². The van der Waals surface area contributed by atoms with E-state index in [1.165, 1.54) is 22.3 Å². The number of nitrogens with zero attached hydrogens (tertiary/aromatic N) is 4. The molecule has 0 saturated heterocycles. The van der Waals surface area contributed by atoms with E-state index in [4.69, 9.17) is 14.8 Å². The summed E-state index contributed by atoms with van der Waals surface area (Å²) >= 11 is 0. The van der Waals surface area contributed by atoms with Crippen molar-refractivity contribution in [2.75, 3.05) is 13.7 Å². The van der Waals surface area contributed by atoms with Crippen molar-refractivity contribution in [1.29, 1.82) is 0 Å². The molecule has 0 amide bonds. The summed E-state index contributed by atoms with van der Waals surface area (Å²) in [5.74, 6) is 0. The van der Waals surface area contributed by atoms with Gasteiger partial charge in [0.2, 0.25) is 0 Å². The summed E-state index contributed by atoms with van der Waals surface area (Å²) in [4.78, 5) is 4.98. The van der Waals surface area contributed by atoms with Gasteiger partial charge >= 0.3 is 0 Å². The van der Waals surface area contributed by atoms with E-state index < -0.39 is 0 Å². The highest BCUT2D eigenvalue weighted by Crippen LogP contribution is 2.35. The maximum absolute atomic E-state index is 5.39. The van der Waals surface area contributed by atoms with Gasteiger partial charge in [-0.05, 0) is 64.3 Å². The fourth-order valence-electron chi connectivity index (χ4n) is 4.47. The van der Waals surface area contributed by atoms with Gasteiger partial charge < -0.3 is 9.30 Å². The van der Waals surface area contributed by atoms with Crippen molar-refractivity contribution in [2.45, 2.75) is 47.6 Å². The van der Waals surface area contributed by atoms with Gasteiger partial charge in [-0.3, -0.25) is 0 Å². The molecular weight excluding hydrogens is 348 g/mol. The number of aromatic nitrogens is 4. The molecule has 0 radical (unpaired) electrons. The summed E-state index contributed by atoms with van der Waals surface area (Å²) in [6, 6.07) is 6.81. The Morgan fingerprint density at radius 3 is 2.32 bits per heavy atom. The van der Waals surface area contributed by atoms with E-state index in [-0.39, 0.29) is 6.04 Å². The molecule has 5 heteroatoms. The van der Waals surface area contributed by atoms with Crippen molar-refractivity contribution < 1.29 is 4.74 Å². The molecule has 0 bridgehead atoms. The van der Waals surface area contributed by atoms with Crippen molar-refractivity contribution in [3.8, 4) is 11.1 Å². The predicted molar refractivity (Wildman–Crippen MR) is 114 cm³/mol. The van der Waals surface area contributed by atoms with Crippen molar-refractivity contribution in [3.05, 3.63) is 52.5 Å². The molecule has 146 valence electrons. The molecule has 0 N–H and O–H groups in total. The number of aryl methyl sites for hydroxylation is 5. The van der Waals surface area contributed by atoms with Crippen LogP contribution in [-0.2, 0) is 4.74 Å². The van der Waals surface area contributed by atoms with Gasteiger partial charge in [0.25, 0.3) is 0 Å². The van der Waals surface area contributed by atoms with Crippen LogP contribution in [0, 0.1) is 34.6 Å². The lowest BCUT2D eigenvalue weighted by atomic mass is 9.94. The van der Waals surface area contributed by atoms with Gasteiger partial charge in [-0.25, -0.2) is 4.98 Å². The minimum atomic E-state index is 0.211. The summed E-state index contributed by atoms with van der Waals surface area (Å²) < 4.78 is 9.65. The fraction of sp³-hybridized carbons (Fsp3) is 0.391. The number of ether oxygens (including phenoxy) is 1. The second-order valence-corrected chi connectivity index (χ2v) is 7.93. The first-order chi connectivity index (χ1) is 13.3. The highest BCUT2D eigenvalue weighted by molar-refractivity contribution is 5.89. The number of fused-ring (bicyclic) bond motifs is 3. The van der Waals surface area contributed by atoms with Gasteiger partial charge in [-0.15, -0.1) is 0 Å². The normalized spacial score (nSPS) is 13.0. The summed E-state index contributed by atoms with van der Waals surface area (Å²) in [6.07, 6.45) is 2.11. The summed E-state index contributed by atoms with van der Waals surface area (Å²) in [7, 11) is 1.74. The number of hydrogen-bond donors (Lipinski definition) is 0. The standard InChI is InChI=1S/C23H28N4O/c1-13-10-14(2)20(15(3)11-13)21-18(6)25-27-22(21)24-17(5)19-8-9-26(23(19)27)16(4)12-28-7/h8-11,16H,12H2,1-7H3. The third kappa shape index (κ3) is 2.73. The number of hydrogen-bond acceptors (Lipinski definition) is 3. The van der Waals surface area contributed by atoms with Gasteiger partial charge in [-0.2, -0.15) is 9.61 Å². The lowest BCUT2D eigenvalue weighted by Crippen LogP contribution is -2.12. The molecule has 0 fully saturated rings. The minimum Gasteiger partial charge on any atom is -0.383 e. The van der Waals surface area contributed by atoms with E-state index >= 15 is 0 Å². The Balaban J connectivity index is 2.09. The Hall–Kier alpha value is -2.66. The van der Waals surface area contributed by atoms with E-state index in [1.54, 1.807) is 7.11 Å². The first-order valence-corrected chi connectivity index (χ1v) is 9.77. The summed E-state index contributed by atoms with van der Waals surface area (Å²) in [6.45, 7) is 13.5. The smallest absolute Gasteiger partial charge is 0.165 e. The van der Waals surface area contributed by atoms with Gasteiger partial charge in [0.1, 0.15) is 5.65 Å². The summed E-state index contributed by atoms with van der Waals surface area (Å²) in [5.41, 5.74) is 10.2. The second kappa shape index (κ2) is 6.74. The molecule has 0 aliphatic carbocycles. The lowest BCUT2D eigenvalue weighted by Gasteiger charge is -2.15. The first-order valence-electron chi connectivity index (χ1n) is 9.77. The van der Waals surface area contributed by atoms with Crippen LogP contribution in [0.15, 0.2) is 24.4 Å². The molecule has 0 spiro atoms. The van der Waals surface area contributed by atoms with Crippen LogP contribution >= 0.6 is 0 Å². The maximum Gasteiger partial charge on any atom is 0.165 e. The monoisotopic (exact) mass is 376 g/mol. The van der Waals surface area contributed by atoms with Crippen LogP contribution in [0.2, 0.25) is 0 Å². The highest BCUT2D eigenvalue weighted by Gasteiger charge is 2.22. The van der Waals surface area contributed by atoms with Crippen LogP contribution in [0.5, 0.6) is 0 Å². The molecule has 0 aliphatic heterocycles. The summed E-state index contributed by atoms with van der Waals surface area (Å²) in [5, 5.41) is 6.06. The van der Waals surface area contributed by atoms with Crippen LogP contribution in [-0.4, -0.2) is 32.9 Å². The molecule has 5 nitrogen and oxygen atoms in total. The van der Waals surface area contributed by atoms with E-state index in [0.717, 1.165) is 33.6 Å². The third-order valence-electron chi connectivity index (χ3n) is 5.60. The molecule has 28 heavy (non-hydrogen) atoms. The van der Waals surface area contributed by atoms with E-state index in [2.05, 4.69) is 70.5 Å². The molecule has 4 rings (SSSR count). The Labute approximate surface area is 166 Å². The lowest BCUT2D eigenvalue weighted by molar-refractivity contribution is 0.163. The quantitative estimate of drug-likeness (QED) is 0.498. The Morgan fingerprint density at radius 2 is 1.68 bits per heavy atom. The van der Waals surface area contributed by atoms with Crippen LogP contribution < -0.4 is 0 Å². The van der Waals surface area contributed by atoms with Crippen molar-refractivity contribution in [2.24, 2.45) is 0 Å². The molecule has 3 aromatic heterocycles. The van der Waals surface area contributed by atoms with E-state index in [0.29, 0.717) is 6.61 Å². The van der Waals surface area contributed by atoms with E-state index in [9.17, 15) is 0 Å². The second-order valence-electron chi connectivity index (χ2n) is 7.93. The molecule has 4 aromatic rings. The zero-order valence-corrected chi connectivity index (χ0v) is 17.8. The Kier molecular flexibility index (Phi) is 4.50. The average molecular weight is 377 g/mol. The number of benzene rings is 1. The zero-order valence-electron chi connectivity index (χ0n) is 17.8. The first kappa shape index (κ1) is 18.7. The molecule has 1 atom stereocenters. The fourth-order valence-corrected chi connectivity index (χ4v) is 4.47. The molecule has 0 saturated carbocycles. The minimum absolute atomic E-state index is 0.211. The van der Waals surface area contributed by atoms with Crippen molar-refractivity contribution >= 4 is 16.7 Å². The van der Waals surface area contributed by atoms with Gasteiger partial charge in [0, 0.05) is 18.7 Å². The van der Waals surface area contributed by atoms with Crippen LogP contribution in [0.3, 0.4) is 0 Å². The SMILES string of the molecule is COCC(C)n1ccc2c(C)nc3c(-c4c(C)cc(C)cc4C)c(C)nn3c21. The predicted octanol–water partition coefficient (Wildman–Crippen LogP) is 5.10. The van der Waals surface area contributed by atoms with E-state index in [1.807, 2.05) is 4.52 Å². The molecule has 1 aromatic carbocycles. The van der Waals surface area contributed by atoms with Gasteiger partial charge in [0.05, 0.1) is 29.6 Å². The maximum atomic E-state index is 5.39. The highest BCUT2D eigenvalue weighted by atomic mass is 16.5. The molecule has 3 heterocycles. The molecular formula is C23H28N4O. The largest absolute Gasteiger partial charge is 0.383 e. The van der Waals surface area contributed by atoms with Crippen LogP contribution in [0.1, 0.15) is 41.0 Å². The van der Waals surface area contributed by atoms with Gasteiger partial charge in [-0.1, -0.05) is 17.7 Å². The third-order valence-corrected chi connectivity index (χ3v) is 5.60. The molecule has 0 aliphatic rings. The van der Waals surface area contributed by atoms with Crippen LogP contribution in [0.4, 0.5) is 0 Å². The zero-order chi connectivity index (χ0) is 20.2. The Bertz CT molecular complexity index is 1180.